The summed E-state index contributed by atoms with van der Waals surface area (Å²) in [5, 5.41) is 8.55. The number of pyridine rings is 1. The van der Waals surface area contributed by atoms with Gasteiger partial charge in [0.2, 0.25) is 5.88 Å². The average Bonchev–Trinajstić information content (AvgIpc) is 2.37. The van der Waals surface area contributed by atoms with E-state index in [2.05, 4.69) is 15.0 Å². The van der Waals surface area contributed by atoms with E-state index in [1.165, 1.54) is 0 Å². The van der Waals surface area contributed by atoms with Crippen LogP contribution < -0.4 is 4.74 Å². The van der Waals surface area contributed by atoms with E-state index in [9.17, 15) is 4.79 Å². The van der Waals surface area contributed by atoms with Gasteiger partial charge in [-0.3, -0.25) is 4.98 Å². The van der Waals surface area contributed by atoms with Crippen LogP contribution in [0.15, 0.2) is 30.6 Å². The standard InChI is InChI=1S/C12H11N3O3/c1-8-14-10(9-3-2-4-13-6-9)5-11(15-8)18-7-12(16)17/h2-6H,7H2,1H3,(H,16,17). The molecule has 2 rings (SSSR count). The van der Waals surface area contributed by atoms with Crippen LogP contribution in [0.2, 0.25) is 0 Å². The van der Waals surface area contributed by atoms with E-state index in [-0.39, 0.29) is 5.88 Å². The van der Waals surface area contributed by atoms with Crippen molar-refractivity contribution >= 4 is 5.97 Å². The molecule has 6 nitrogen and oxygen atoms in total. The van der Waals surface area contributed by atoms with Crippen molar-refractivity contribution in [2.24, 2.45) is 0 Å². The fourth-order valence-electron chi connectivity index (χ4n) is 1.41. The van der Waals surface area contributed by atoms with Gasteiger partial charge in [-0.25, -0.2) is 9.78 Å². The van der Waals surface area contributed by atoms with Gasteiger partial charge in [0.25, 0.3) is 0 Å². The molecule has 0 fully saturated rings. The lowest BCUT2D eigenvalue weighted by Crippen LogP contribution is -2.11. The maximum Gasteiger partial charge on any atom is 0.341 e. The molecule has 0 bridgehead atoms. The van der Waals surface area contributed by atoms with Gasteiger partial charge in [0.1, 0.15) is 5.82 Å². The maximum absolute atomic E-state index is 10.4. The van der Waals surface area contributed by atoms with E-state index in [0.717, 1.165) is 5.56 Å². The first-order valence-corrected chi connectivity index (χ1v) is 5.26. The van der Waals surface area contributed by atoms with Crippen LogP contribution in [0.5, 0.6) is 5.88 Å². The van der Waals surface area contributed by atoms with Gasteiger partial charge in [0.05, 0.1) is 5.69 Å². The molecule has 0 aliphatic heterocycles. The SMILES string of the molecule is Cc1nc(OCC(=O)O)cc(-c2cccnc2)n1. The molecule has 2 heterocycles. The molecular formula is C12H11N3O3. The van der Waals surface area contributed by atoms with Crippen molar-refractivity contribution in [3.05, 3.63) is 36.4 Å². The molecule has 0 aromatic carbocycles. The fraction of sp³-hybridized carbons (Fsp3) is 0.167. The average molecular weight is 245 g/mol. The quantitative estimate of drug-likeness (QED) is 0.874. The van der Waals surface area contributed by atoms with Crippen molar-refractivity contribution in [3.8, 4) is 17.1 Å². The molecule has 0 spiro atoms. The van der Waals surface area contributed by atoms with Crippen molar-refractivity contribution in [1.82, 2.24) is 15.0 Å². The molecule has 2 aromatic rings. The molecule has 18 heavy (non-hydrogen) atoms. The summed E-state index contributed by atoms with van der Waals surface area (Å²) in [6.07, 6.45) is 3.34. The highest BCUT2D eigenvalue weighted by Gasteiger charge is 2.06. The maximum atomic E-state index is 10.4. The first-order chi connectivity index (χ1) is 8.65. The molecule has 0 aliphatic carbocycles. The third-order valence-corrected chi connectivity index (χ3v) is 2.12. The Morgan fingerprint density at radius 2 is 2.28 bits per heavy atom. The second-order valence-electron chi connectivity index (χ2n) is 3.56. The molecular weight excluding hydrogens is 234 g/mol. The summed E-state index contributed by atoms with van der Waals surface area (Å²) in [5.41, 5.74) is 1.47. The number of carboxylic acid groups (broad SMARTS) is 1. The summed E-state index contributed by atoms with van der Waals surface area (Å²) in [5.74, 6) is -0.297. The van der Waals surface area contributed by atoms with E-state index in [4.69, 9.17) is 9.84 Å². The zero-order valence-electron chi connectivity index (χ0n) is 9.70. The molecule has 0 atom stereocenters. The van der Waals surface area contributed by atoms with Crippen LogP contribution in [0, 0.1) is 6.92 Å². The molecule has 0 radical (unpaired) electrons. The summed E-state index contributed by atoms with van der Waals surface area (Å²) >= 11 is 0. The number of nitrogens with zero attached hydrogens (tertiary/aromatic N) is 3. The molecule has 6 heteroatoms. The number of hydrogen-bond acceptors (Lipinski definition) is 5. The predicted molar refractivity (Wildman–Crippen MR) is 63.1 cm³/mol. The van der Waals surface area contributed by atoms with E-state index in [1.54, 1.807) is 31.5 Å². The normalized spacial score (nSPS) is 10.1. The number of carboxylic acids is 1. The Morgan fingerprint density at radius 3 is 2.94 bits per heavy atom. The molecule has 92 valence electrons. The van der Waals surface area contributed by atoms with Crippen LogP contribution in [-0.4, -0.2) is 32.6 Å². The highest BCUT2D eigenvalue weighted by atomic mass is 16.5. The summed E-state index contributed by atoms with van der Waals surface area (Å²) in [7, 11) is 0. The topological polar surface area (TPSA) is 85.2 Å². The van der Waals surface area contributed by atoms with E-state index in [1.807, 2.05) is 6.07 Å². The summed E-state index contributed by atoms with van der Waals surface area (Å²) in [6, 6.07) is 5.24. The van der Waals surface area contributed by atoms with Crippen LogP contribution in [-0.2, 0) is 4.79 Å². The molecule has 2 aromatic heterocycles. The first-order valence-electron chi connectivity index (χ1n) is 5.26. The minimum atomic E-state index is -1.05. The number of rotatable bonds is 4. The highest BCUT2D eigenvalue weighted by Crippen LogP contribution is 2.19. The molecule has 0 amide bonds. The van der Waals surface area contributed by atoms with Gasteiger partial charge in [0.15, 0.2) is 6.61 Å². The third-order valence-electron chi connectivity index (χ3n) is 2.12. The van der Waals surface area contributed by atoms with Crippen LogP contribution in [0.4, 0.5) is 0 Å². The van der Waals surface area contributed by atoms with E-state index < -0.39 is 12.6 Å². The number of ether oxygens (including phenoxy) is 1. The fourth-order valence-corrected chi connectivity index (χ4v) is 1.41. The Balaban J connectivity index is 2.29. The number of aryl methyl sites for hydroxylation is 1. The lowest BCUT2D eigenvalue weighted by atomic mass is 10.2. The van der Waals surface area contributed by atoms with E-state index in [0.29, 0.717) is 11.5 Å². The molecule has 0 saturated carbocycles. The van der Waals surface area contributed by atoms with Gasteiger partial charge in [-0.1, -0.05) is 0 Å². The minimum absolute atomic E-state index is 0.240. The predicted octanol–water partition coefficient (Wildman–Crippen LogP) is 1.31. The van der Waals surface area contributed by atoms with Gasteiger partial charge < -0.3 is 9.84 Å². The Morgan fingerprint density at radius 1 is 1.44 bits per heavy atom. The first kappa shape index (κ1) is 12.0. The van der Waals surface area contributed by atoms with Crippen molar-refractivity contribution in [2.75, 3.05) is 6.61 Å². The lowest BCUT2D eigenvalue weighted by molar-refractivity contribution is -0.139. The second-order valence-corrected chi connectivity index (χ2v) is 3.56. The Labute approximate surface area is 103 Å². The van der Waals surface area contributed by atoms with Crippen LogP contribution >= 0.6 is 0 Å². The summed E-state index contributed by atoms with van der Waals surface area (Å²) < 4.78 is 5.04. The van der Waals surface area contributed by atoms with Gasteiger partial charge in [-0.2, -0.15) is 4.98 Å². The summed E-state index contributed by atoms with van der Waals surface area (Å²) in [6.45, 7) is 1.29. The summed E-state index contributed by atoms with van der Waals surface area (Å²) in [4.78, 5) is 22.7. The van der Waals surface area contributed by atoms with Crippen molar-refractivity contribution in [1.29, 1.82) is 0 Å². The minimum Gasteiger partial charge on any atom is -0.479 e. The molecule has 0 unspecified atom stereocenters. The van der Waals surface area contributed by atoms with Crippen LogP contribution in [0.3, 0.4) is 0 Å². The molecule has 1 N–H and O–H groups in total. The largest absolute Gasteiger partial charge is 0.479 e. The van der Waals surface area contributed by atoms with Gasteiger partial charge in [-0.15, -0.1) is 0 Å². The van der Waals surface area contributed by atoms with Crippen molar-refractivity contribution in [2.45, 2.75) is 6.92 Å². The van der Waals surface area contributed by atoms with Gasteiger partial charge in [-0.05, 0) is 19.1 Å². The van der Waals surface area contributed by atoms with Crippen molar-refractivity contribution < 1.29 is 14.6 Å². The number of aromatic nitrogens is 3. The molecule has 0 aliphatic rings. The van der Waals surface area contributed by atoms with Crippen LogP contribution in [0.1, 0.15) is 5.82 Å². The van der Waals surface area contributed by atoms with E-state index >= 15 is 0 Å². The molecule has 0 saturated heterocycles. The van der Waals surface area contributed by atoms with Gasteiger partial charge >= 0.3 is 5.97 Å². The van der Waals surface area contributed by atoms with Crippen molar-refractivity contribution in [3.63, 3.8) is 0 Å². The number of carbonyl (C=O) groups is 1. The Kier molecular flexibility index (Phi) is 3.47. The Hall–Kier alpha value is -2.50. The second kappa shape index (κ2) is 5.22. The zero-order valence-corrected chi connectivity index (χ0v) is 9.70. The Bertz CT molecular complexity index is 558. The smallest absolute Gasteiger partial charge is 0.341 e. The highest BCUT2D eigenvalue weighted by molar-refractivity contribution is 5.68. The third kappa shape index (κ3) is 3.00. The van der Waals surface area contributed by atoms with Crippen LogP contribution in [0.25, 0.3) is 11.3 Å². The number of aliphatic carboxylic acids is 1. The number of hydrogen-bond donors (Lipinski definition) is 1. The lowest BCUT2D eigenvalue weighted by Gasteiger charge is -2.06. The van der Waals surface area contributed by atoms with Gasteiger partial charge in [0, 0.05) is 24.0 Å². The zero-order chi connectivity index (χ0) is 13.0. The monoisotopic (exact) mass is 245 g/mol.